The molecule has 4 heteroatoms. The zero-order valence-electron chi connectivity index (χ0n) is 13.1. The van der Waals surface area contributed by atoms with Gasteiger partial charge in [-0.15, -0.1) is 0 Å². The molecule has 0 aliphatic heterocycles. The SMILES string of the molecule is COc1ccc2n[nH]c(CCN(C(C)C)C(C)C)c2c1. The summed E-state index contributed by atoms with van der Waals surface area (Å²) in [4.78, 5) is 2.49. The van der Waals surface area contributed by atoms with Crippen LogP contribution in [0.2, 0.25) is 0 Å². The van der Waals surface area contributed by atoms with Gasteiger partial charge in [-0.05, 0) is 45.9 Å². The average Bonchev–Trinajstić information content (AvgIpc) is 2.80. The van der Waals surface area contributed by atoms with Gasteiger partial charge < -0.3 is 4.74 Å². The van der Waals surface area contributed by atoms with Crippen molar-refractivity contribution in [2.24, 2.45) is 0 Å². The Morgan fingerprint density at radius 3 is 2.50 bits per heavy atom. The number of H-pyrrole nitrogens is 1. The lowest BCUT2D eigenvalue weighted by Gasteiger charge is -2.30. The molecule has 0 atom stereocenters. The highest BCUT2D eigenvalue weighted by Gasteiger charge is 2.14. The highest BCUT2D eigenvalue weighted by atomic mass is 16.5. The number of hydrogen-bond donors (Lipinski definition) is 1. The zero-order chi connectivity index (χ0) is 14.7. The number of nitrogens with zero attached hydrogens (tertiary/aromatic N) is 2. The lowest BCUT2D eigenvalue weighted by atomic mass is 10.1. The van der Waals surface area contributed by atoms with Crippen LogP contribution in [0.5, 0.6) is 5.75 Å². The molecule has 0 radical (unpaired) electrons. The number of aromatic amines is 1. The Morgan fingerprint density at radius 1 is 1.20 bits per heavy atom. The van der Waals surface area contributed by atoms with Crippen LogP contribution in [-0.2, 0) is 6.42 Å². The topological polar surface area (TPSA) is 41.1 Å². The summed E-state index contributed by atoms with van der Waals surface area (Å²) in [6, 6.07) is 7.11. The summed E-state index contributed by atoms with van der Waals surface area (Å²) in [6.45, 7) is 10.0. The molecule has 1 N–H and O–H groups in total. The molecule has 20 heavy (non-hydrogen) atoms. The van der Waals surface area contributed by atoms with Gasteiger partial charge >= 0.3 is 0 Å². The summed E-state index contributed by atoms with van der Waals surface area (Å²) in [5.74, 6) is 0.879. The molecule has 0 aliphatic carbocycles. The van der Waals surface area contributed by atoms with Crippen LogP contribution in [0.4, 0.5) is 0 Å². The van der Waals surface area contributed by atoms with Crippen molar-refractivity contribution in [1.82, 2.24) is 15.1 Å². The fraction of sp³-hybridized carbons (Fsp3) is 0.562. The standard InChI is InChI=1S/C16H25N3O/c1-11(2)19(12(3)4)9-8-16-14-10-13(20-5)6-7-15(14)17-18-16/h6-7,10-12H,8-9H2,1-5H3,(H,17,18). The Morgan fingerprint density at radius 2 is 1.90 bits per heavy atom. The second kappa shape index (κ2) is 6.27. The first kappa shape index (κ1) is 14.9. The highest BCUT2D eigenvalue weighted by Crippen LogP contribution is 2.22. The van der Waals surface area contributed by atoms with Gasteiger partial charge in [0.2, 0.25) is 0 Å². The van der Waals surface area contributed by atoms with Crippen LogP contribution in [0.3, 0.4) is 0 Å². The number of ether oxygens (including phenoxy) is 1. The van der Waals surface area contributed by atoms with Gasteiger partial charge in [-0.1, -0.05) is 0 Å². The molecule has 2 rings (SSSR count). The first-order valence-electron chi connectivity index (χ1n) is 7.29. The maximum absolute atomic E-state index is 5.30. The van der Waals surface area contributed by atoms with E-state index >= 15 is 0 Å². The lowest BCUT2D eigenvalue weighted by molar-refractivity contribution is 0.177. The van der Waals surface area contributed by atoms with E-state index in [0.29, 0.717) is 12.1 Å². The van der Waals surface area contributed by atoms with Gasteiger partial charge in [-0.2, -0.15) is 5.10 Å². The zero-order valence-corrected chi connectivity index (χ0v) is 13.1. The first-order valence-corrected chi connectivity index (χ1v) is 7.29. The van der Waals surface area contributed by atoms with Crippen molar-refractivity contribution in [2.45, 2.75) is 46.2 Å². The van der Waals surface area contributed by atoms with Crippen molar-refractivity contribution in [3.8, 4) is 5.75 Å². The van der Waals surface area contributed by atoms with Crippen molar-refractivity contribution in [2.75, 3.05) is 13.7 Å². The van der Waals surface area contributed by atoms with Crippen LogP contribution in [-0.4, -0.2) is 40.8 Å². The van der Waals surface area contributed by atoms with Gasteiger partial charge in [0.15, 0.2) is 0 Å². The summed E-state index contributed by atoms with van der Waals surface area (Å²) in [7, 11) is 1.69. The first-order chi connectivity index (χ1) is 9.52. The average molecular weight is 275 g/mol. The van der Waals surface area contributed by atoms with Crippen LogP contribution in [0.1, 0.15) is 33.4 Å². The fourth-order valence-corrected chi connectivity index (χ4v) is 2.71. The van der Waals surface area contributed by atoms with Gasteiger partial charge in [-0.25, -0.2) is 0 Å². The number of nitrogens with one attached hydrogen (secondary N) is 1. The third kappa shape index (κ3) is 3.12. The fourth-order valence-electron chi connectivity index (χ4n) is 2.71. The van der Waals surface area contributed by atoms with Crippen molar-refractivity contribution in [3.05, 3.63) is 23.9 Å². The van der Waals surface area contributed by atoms with Crippen LogP contribution >= 0.6 is 0 Å². The Balaban J connectivity index is 2.17. The Kier molecular flexibility index (Phi) is 4.65. The maximum atomic E-state index is 5.30. The predicted octanol–water partition coefficient (Wildman–Crippen LogP) is 3.23. The minimum absolute atomic E-state index is 0.554. The molecule has 0 saturated carbocycles. The Labute approximate surface area is 121 Å². The second-order valence-corrected chi connectivity index (χ2v) is 5.76. The lowest BCUT2D eigenvalue weighted by Crippen LogP contribution is -2.38. The van der Waals surface area contributed by atoms with E-state index in [0.717, 1.165) is 29.6 Å². The summed E-state index contributed by atoms with van der Waals surface area (Å²) < 4.78 is 5.30. The number of benzene rings is 1. The largest absolute Gasteiger partial charge is 0.497 e. The van der Waals surface area contributed by atoms with Crippen molar-refractivity contribution < 1.29 is 4.74 Å². The quantitative estimate of drug-likeness (QED) is 0.880. The molecule has 0 saturated heterocycles. The molecule has 0 aliphatic rings. The molecule has 0 fully saturated rings. The summed E-state index contributed by atoms with van der Waals surface area (Å²) in [5, 5.41) is 8.69. The van der Waals surface area contributed by atoms with E-state index in [4.69, 9.17) is 4.74 Å². The number of methoxy groups -OCH3 is 1. The second-order valence-electron chi connectivity index (χ2n) is 5.76. The monoisotopic (exact) mass is 275 g/mol. The van der Waals surface area contributed by atoms with Gasteiger partial charge in [0, 0.05) is 36.1 Å². The summed E-state index contributed by atoms with van der Waals surface area (Å²) in [6.07, 6.45) is 0.972. The molecular weight excluding hydrogens is 250 g/mol. The summed E-state index contributed by atoms with van der Waals surface area (Å²) in [5.41, 5.74) is 2.19. The minimum atomic E-state index is 0.554. The van der Waals surface area contributed by atoms with E-state index in [1.165, 1.54) is 5.69 Å². The van der Waals surface area contributed by atoms with Crippen molar-refractivity contribution in [1.29, 1.82) is 0 Å². The number of fused-ring (bicyclic) bond motifs is 1. The van der Waals surface area contributed by atoms with E-state index < -0.39 is 0 Å². The molecule has 0 bridgehead atoms. The molecule has 1 aromatic carbocycles. The van der Waals surface area contributed by atoms with E-state index in [1.807, 2.05) is 12.1 Å². The predicted molar refractivity (Wildman–Crippen MR) is 83.3 cm³/mol. The summed E-state index contributed by atoms with van der Waals surface area (Å²) >= 11 is 0. The van der Waals surface area contributed by atoms with Crippen LogP contribution < -0.4 is 4.74 Å². The molecule has 4 nitrogen and oxygen atoms in total. The van der Waals surface area contributed by atoms with Gasteiger partial charge in [0.1, 0.15) is 5.75 Å². The Bertz CT molecular complexity index is 552. The van der Waals surface area contributed by atoms with Crippen LogP contribution in [0.25, 0.3) is 10.9 Å². The van der Waals surface area contributed by atoms with Gasteiger partial charge in [-0.3, -0.25) is 10.00 Å². The molecule has 0 amide bonds. The van der Waals surface area contributed by atoms with Crippen molar-refractivity contribution >= 4 is 10.9 Å². The van der Waals surface area contributed by atoms with Crippen molar-refractivity contribution in [3.63, 3.8) is 0 Å². The number of hydrogen-bond acceptors (Lipinski definition) is 3. The van der Waals surface area contributed by atoms with E-state index in [9.17, 15) is 0 Å². The molecule has 2 aromatic rings. The van der Waals surface area contributed by atoms with E-state index in [-0.39, 0.29) is 0 Å². The van der Waals surface area contributed by atoms with Crippen LogP contribution in [0, 0.1) is 0 Å². The minimum Gasteiger partial charge on any atom is -0.497 e. The Hall–Kier alpha value is -1.55. The van der Waals surface area contributed by atoms with E-state index in [1.54, 1.807) is 7.11 Å². The third-order valence-electron chi connectivity index (χ3n) is 3.79. The third-order valence-corrected chi connectivity index (χ3v) is 3.79. The molecule has 0 spiro atoms. The molecule has 1 heterocycles. The van der Waals surface area contributed by atoms with Crippen LogP contribution in [0.15, 0.2) is 18.2 Å². The van der Waals surface area contributed by atoms with Gasteiger partial charge in [0.05, 0.1) is 12.6 Å². The van der Waals surface area contributed by atoms with E-state index in [2.05, 4.69) is 48.9 Å². The molecule has 1 aromatic heterocycles. The number of rotatable bonds is 6. The highest BCUT2D eigenvalue weighted by molar-refractivity contribution is 5.82. The smallest absolute Gasteiger partial charge is 0.119 e. The van der Waals surface area contributed by atoms with Gasteiger partial charge in [0.25, 0.3) is 0 Å². The molecular formula is C16H25N3O. The number of aromatic nitrogens is 2. The normalized spacial score (nSPS) is 12.0. The molecule has 110 valence electrons. The maximum Gasteiger partial charge on any atom is 0.119 e. The molecule has 0 unspecified atom stereocenters.